The van der Waals surface area contributed by atoms with Crippen LogP contribution in [-0.2, 0) is 0 Å². The number of piperidine rings is 1. The Morgan fingerprint density at radius 1 is 1.22 bits per heavy atom. The molecular weight excluding hydrogens is 338 g/mol. The average Bonchev–Trinajstić information content (AvgIpc) is 2.72. The lowest BCUT2D eigenvalue weighted by Gasteiger charge is -2.46. The largest absolute Gasteiger partial charge is 0.354 e. The third-order valence-corrected chi connectivity index (χ3v) is 6.17. The van der Waals surface area contributed by atoms with E-state index < -0.39 is 0 Å². The highest BCUT2D eigenvalue weighted by Gasteiger charge is 2.37. The van der Waals surface area contributed by atoms with Crippen molar-refractivity contribution in [3.63, 3.8) is 0 Å². The Balaban J connectivity index is 1.45. The van der Waals surface area contributed by atoms with Crippen molar-refractivity contribution in [1.82, 2.24) is 10.2 Å². The molecule has 2 heterocycles. The molecule has 4 rings (SSSR count). The monoisotopic (exact) mass is 367 g/mol. The molecule has 0 aromatic heterocycles. The lowest BCUT2D eigenvalue weighted by molar-refractivity contribution is 0.0589. The number of allylic oxidation sites excluding steroid dienone is 1. The molecule has 1 unspecified atom stereocenters. The second kappa shape index (κ2) is 7.75. The van der Waals surface area contributed by atoms with Gasteiger partial charge in [0.05, 0.1) is 11.3 Å². The van der Waals surface area contributed by atoms with Crippen molar-refractivity contribution in [2.45, 2.75) is 57.5 Å². The molecule has 144 valence electrons. The molecule has 1 aromatic rings. The standard InChI is InChI=1S/C22H29N3O2/c1-24-19-15-17(21(26)23-13-12-16-7-3-2-4-8-16)10-11-18(19)22(27)25-14-6-5-9-20(24)25/h7,10-11,15,20H,2-6,8-9,12-14H2,1H3,(H,23,26). The lowest BCUT2D eigenvalue weighted by Crippen LogP contribution is -2.55. The molecule has 1 atom stereocenters. The van der Waals surface area contributed by atoms with Gasteiger partial charge in [-0.25, -0.2) is 0 Å². The molecule has 1 aromatic carbocycles. The van der Waals surface area contributed by atoms with Gasteiger partial charge in [-0.15, -0.1) is 0 Å². The maximum atomic E-state index is 12.8. The second-order valence-corrected chi connectivity index (χ2v) is 7.93. The molecule has 1 aliphatic carbocycles. The summed E-state index contributed by atoms with van der Waals surface area (Å²) in [6, 6.07) is 5.48. The number of nitrogens with zero attached hydrogens (tertiary/aromatic N) is 2. The number of benzene rings is 1. The van der Waals surface area contributed by atoms with Gasteiger partial charge < -0.3 is 15.1 Å². The lowest BCUT2D eigenvalue weighted by atomic mass is 9.97. The van der Waals surface area contributed by atoms with Gasteiger partial charge in [0, 0.05) is 25.7 Å². The number of rotatable bonds is 4. The Bertz CT molecular complexity index is 771. The molecule has 3 aliphatic rings. The van der Waals surface area contributed by atoms with E-state index in [1.165, 1.54) is 31.3 Å². The van der Waals surface area contributed by atoms with Gasteiger partial charge in [0.15, 0.2) is 0 Å². The molecule has 1 fully saturated rings. The molecule has 0 radical (unpaired) electrons. The van der Waals surface area contributed by atoms with E-state index in [2.05, 4.69) is 16.3 Å². The third-order valence-electron chi connectivity index (χ3n) is 6.17. The van der Waals surface area contributed by atoms with Gasteiger partial charge in [-0.2, -0.15) is 0 Å². The van der Waals surface area contributed by atoms with E-state index in [0.717, 1.165) is 37.9 Å². The van der Waals surface area contributed by atoms with Crippen LogP contribution in [-0.4, -0.2) is 43.0 Å². The predicted octanol–water partition coefficient (Wildman–Crippen LogP) is 3.71. The fraction of sp³-hybridized carbons (Fsp3) is 0.545. The van der Waals surface area contributed by atoms with Crippen molar-refractivity contribution < 1.29 is 9.59 Å². The Morgan fingerprint density at radius 3 is 2.93 bits per heavy atom. The highest BCUT2D eigenvalue weighted by Crippen LogP contribution is 2.34. The molecule has 27 heavy (non-hydrogen) atoms. The van der Waals surface area contributed by atoms with Crippen molar-refractivity contribution in [2.24, 2.45) is 0 Å². The Labute approximate surface area is 161 Å². The van der Waals surface area contributed by atoms with Gasteiger partial charge in [-0.3, -0.25) is 9.59 Å². The zero-order valence-electron chi connectivity index (χ0n) is 16.2. The fourth-order valence-corrected chi connectivity index (χ4v) is 4.58. The zero-order chi connectivity index (χ0) is 18.8. The van der Waals surface area contributed by atoms with Crippen LogP contribution in [0.3, 0.4) is 0 Å². The van der Waals surface area contributed by atoms with Crippen molar-refractivity contribution >= 4 is 17.5 Å². The van der Waals surface area contributed by atoms with E-state index in [9.17, 15) is 9.59 Å². The number of carbonyl (C=O) groups excluding carboxylic acids is 2. The van der Waals surface area contributed by atoms with Crippen LogP contribution in [0.2, 0.25) is 0 Å². The summed E-state index contributed by atoms with van der Waals surface area (Å²) in [5, 5.41) is 3.04. The first-order valence-corrected chi connectivity index (χ1v) is 10.3. The maximum Gasteiger partial charge on any atom is 0.257 e. The molecule has 0 saturated carbocycles. The molecular formula is C22H29N3O2. The van der Waals surface area contributed by atoms with E-state index >= 15 is 0 Å². The molecule has 1 N–H and O–H groups in total. The van der Waals surface area contributed by atoms with Gasteiger partial charge >= 0.3 is 0 Å². The Kier molecular flexibility index (Phi) is 5.19. The van der Waals surface area contributed by atoms with Gasteiger partial charge in [0.1, 0.15) is 6.17 Å². The summed E-state index contributed by atoms with van der Waals surface area (Å²) in [6.45, 7) is 1.50. The number of hydrogen-bond acceptors (Lipinski definition) is 3. The first-order chi connectivity index (χ1) is 13.1. The molecule has 5 nitrogen and oxygen atoms in total. The van der Waals surface area contributed by atoms with Crippen LogP contribution in [0.15, 0.2) is 29.8 Å². The SMILES string of the molecule is CN1c2cc(C(=O)NCCC3=CCCCC3)ccc2C(=O)N2CCCCC21. The summed E-state index contributed by atoms with van der Waals surface area (Å²) in [7, 11) is 2.03. The maximum absolute atomic E-state index is 12.8. The summed E-state index contributed by atoms with van der Waals surface area (Å²) in [6.07, 6.45) is 11.5. The minimum atomic E-state index is -0.0545. The predicted molar refractivity (Wildman–Crippen MR) is 107 cm³/mol. The topological polar surface area (TPSA) is 52.7 Å². The molecule has 5 heteroatoms. The van der Waals surface area contributed by atoms with Crippen molar-refractivity contribution in [1.29, 1.82) is 0 Å². The number of carbonyl (C=O) groups is 2. The number of nitrogens with one attached hydrogen (secondary N) is 1. The van der Waals surface area contributed by atoms with Crippen molar-refractivity contribution in [3.05, 3.63) is 41.0 Å². The number of hydrogen-bond donors (Lipinski definition) is 1. The van der Waals surface area contributed by atoms with Gasteiger partial charge in [0.25, 0.3) is 11.8 Å². The fourth-order valence-electron chi connectivity index (χ4n) is 4.58. The first kappa shape index (κ1) is 18.1. The normalized spacial score (nSPS) is 22.0. The molecule has 2 aliphatic heterocycles. The van der Waals surface area contributed by atoms with E-state index in [4.69, 9.17) is 0 Å². The molecule has 2 amide bonds. The summed E-state index contributed by atoms with van der Waals surface area (Å²) in [5.41, 5.74) is 3.69. The van der Waals surface area contributed by atoms with Crippen LogP contribution in [0.5, 0.6) is 0 Å². The smallest absolute Gasteiger partial charge is 0.257 e. The number of anilines is 1. The van der Waals surface area contributed by atoms with Crippen LogP contribution in [0.1, 0.15) is 72.1 Å². The summed E-state index contributed by atoms with van der Waals surface area (Å²) in [4.78, 5) is 29.6. The molecule has 0 spiro atoms. The Morgan fingerprint density at radius 2 is 2.11 bits per heavy atom. The van der Waals surface area contributed by atoms with Crippen molar-refractivity contribution in [3.8, 4) is 0 Å². The summed E-state index contributed by atoms with van der Waals surface area (Å²) in [5.74, 6) is 0.0464. The second-order valence-electron chi connectivity index (χ2n) is 7.93. The quantitative estimate of drug-likeness (QED) is 0.826. The zero-order valence-corrected chi connectivity index (χ0v) is 16.2. The third kappa shape index (κ3) is 3.60. The highest BCUT2D eigenvalue weighted by atomic mass is 16.2. The van der Waals surface area contributed by atoms with E-state index in [0.29, 0.717) is 17.7 Å². The van der Waals surface area contributed by atoms with Crippen LogP contribution in [0.4, 0.5) is 5.69 Å². The first-order valence-electron chi connectivity index (χ1n) is 10.3. The number of amides is 2. The van der Waals surface area contributed by atoms with Crippen LogP contribution in [0, 0.1) is 0 Å². The minimum Gasteiger partial charge on any atom is -0.354 e. The van der Waals surface area contributed by atoms with E-state index in [1.807, 2.05) is 24.1 Å². The molecule has 1 saturated heterocycles. The van der Waals surface area contributed by atoms with Gasteiger partial charge in [-0.1, -0.05) is 11.6 Å². The minimum absolute atomic E-state index is 0.0545. The number of fused-ring (bicyclic) bond motifs is 2. The highest BCUT2D eigenvalue weighted by molar-refractivity contribution is 6.04. The van der Waals surface area contributed by atoms with E-state index in [1.54, 1.807) is 6.07 Å². The summed E-state index contributed by atoms with van der Waals surface area (Å²) >= 11 is 0. The summed E-state index contributed by atoms with van der Waals surface area (Å²) < 4.78 is 0. The van der Waals surface area contributed by atoms with Crippen LogP contribution < -0.4 is 10.2 Å². The average molecular weight is 367 g/mol. The van der Waals surface area contributed by atoms with Crippen molar-refractivity contribution in [2.75, 3.05) is 25.0 Å². The van der Waals surface area contributed by atoms with Crippen LogP contribution in [0.25, 0.3) is 0 Å². The molecule has 0 bridgehead atoms. The van der Waals surface area contributed by atoms with Crippen LogP contribution >= 0.6 is 0 Å². The Hall–Kier alpha value is -2.30. The van der Waals surface area contributed by atoms with Gasteiger partial charge in [0.2, 0.25) is 0 Å². The van der Waals surface area contributed by atoms with Gasteiger partial charge in [-0.05, 0) is 69.6 Å². The van der Waals surface area contributed by atoms with E-state index in [-0.39, 0.29) is 18.0 Å².